The van der Waals surface area contributed by atoms with Crippen molar-refractivity contribution in [2.45, 2.75) is 36.1 Å². The first-order valence-electron chi connectivity index (χ1n) is 8.27. The van der Waals surface area contributed by atoms with Crippen molar-refractivity contribution in [1.29, 1.82) is 0 Å². The smallest absolute Gasteiger partial charge is 0.244 e. The SMILES string of the molecule is Cl.NC1(C(=O)Nc2ccc(Oc3ccc(S(N)(=O)=O)cc3)cc2)CCCC1. The highest BCUT2D eigenvalue weighted by Gasteiger charge is 2.36. The van der Waals surface area contributed by atoms with Crippen molar-refractivity contribution in [1.82, 2.24) is 0 Å². The van der Waals surface area contributed by atoms with E-state index in [1.807, 2.05) is 0 Å². The Bertz CT molecular complexity index is 893. The zero-order chi connectivity index (χ0) is 18.8. The van der Waals surface area contributed by atoms with Crippen LogP contribution in [0.2, 0.25) is 0 Å². The molecule has 2 aromatic carbocycles. The minimum absolute atomic E-state index is 0. The minimum Gasteiger partial charge on any atom is -0.457 e. The number of rotatable bonds is 5. The van der Waals surface area contributed by atoms with Crippen LogP contribution < -0.4 is 20.9 Å². The highest BCUT2D eigenvalue weighted by atomic mass is 35.5. The van der Waals surface area contributed by atoms with Crippen LogP contribution in [0.15, 0.2) is 53.4 Å². The minimum atomic E-state index is -3.73. The molecule has 0 bridgehead atoms. The maximum Gasteiger partial charge on any atom is 0.244 e. The molecule has 5 N–H and O–H groups in total. The summed E-state index contributed by atoms with van der Waals surface area (Å²) in [7, 11) is -3.73. The molecule has 0 heterocycles. The lowest BCUT2D eigenvalue weighted by atomic mass is 9.98. The number of primary sulfonamides is 1. The molecule has 1 fully saturated rings. The van der Waals surface area contributed by atoms with Gasteiger partial charge < -0.3 is 15.8 Å². The molecule has 0 spiro atoms. The molecule has 3 rings (SSSR count). The second kappa shape index (κ2) is 8.26. The highest BCUT2D eigenvalue weighted by molar-refractivity contribution is 7.89. The van der Waals surface area contributed by atoms with Crippen molar-refractivity contribution in [3.63, 3.8) is 0 Å². The molecule has 1 aliphatic rings. The van der Waals surface area contributed by atoms with E-state index >= 15 is 0 Å². The van der Waals surface area contributed by atoms with Gasteiger partial charge in [0, 0.05) is 5.69 Å². The molecule has 0 saturated heterocycles. The molecule has 2 aromatic rings. The van der Waals surface area contributed by atoms with Crippen LogP contribution in [0.4, 0.5) is 5.69 Å². The Balaban J connectivity index is 0.00000261. The van der Waals surface area contributed by atoms with Gasteiger partial charge in [-0.1, -0.05) is 12.8 Å². The van der Waals surface area contributed by atoms with E-state index in [-0.39, 0.29) is 23.2 Å². The topological polar surface area (TPSA) is 125 Å². The molecule has 27 heavy (non-hydrogen) atoms. The number of hydrogen-bond donors (Lipinski definition) is 3. The molecule has 1 aliphatic carbocycles. The Morgan fingerprint density at radius 1 is 0.963 bits per heavy atom. The van der Waals surface area contributed by atoms with Crippen LogP contribution in [0, 0.1) is 0 Å². The Morgan fingerprint density at radius 3 is 1.93 bits per heavy atom. The van der Waals surface area contributed by atoms with Gasteiger partial charge in [-0.3, -0.25) is 4.79 Å². The van der Waals surface area contributed by atoms with Gasteiger partial charge in [-0.25, -0.2) is 13.6 Å². The van der Waals surface area contributed by atoms with Gasteiger partial charge in [-0.05, 0) is 61.4 Å². The largest absolute Gasteiger partial charge is 0.457 e. The molecule has 146 valence electrons. The molecular weight excluding hydrogens is 390 g/mol. The van der Waals surface area contributed by atoms with Crippen molar-refractivity contribution >= 4 is 34.0 Å². The van der Waals surface area contributed by atoms with Gasteiger partial charge in [-0.2, -0.15) is 0 Å². The van der Waals surface area contributed by atoms with E-state index in [4.69, 9.17) is 15.6 Å². The number of amides is 1. The standard InChI is InChI=1S/C18H21N3O4S.ClH/c19-18(11-1-2-12-18)17(22)21-13-3-5-14(6-4-13)25-15-7-9-16(10-8-15)26(20,23)24;/h3-10H,1-2,11-12,19H2,(H,21,22)(H2,20,23,24);1H. The number of sulfonamides is 1. The number of halogens is 1. The summed E-state index contributed by atoms with van der Waals surface area (Å²) in [5.41, 5.74) is 6.00. The normalized spacial score (nSPS) is 15.6. The van der Waals surface area contributed by atoms with Gasteiger partial charge in [0.1, 0.15) is 11.5 Å². The van der Waals surface area contributed by atoms with E-state index in [0.29, 0.717) is 30.0 Å². The van der Waals surface area contributed by atoms with Crippen molar-refractivity contribution in [2.24, 2.45) is 10.9 Å². The highest BCUT2D eigenvalue weighted by Crippen LogP contribution is 2.29. The lowest BCUT2D eigenvalue weighted by molar-refractivity contribution is -0.121. The molecule has 7 nitrogen and oxygen atoms in total. The first kappa shape index (κ1) is 21.2. The lowest BCUT2D eigenvalue weighted by Gasteiger charge is -2.22. The van der Waals surface area contributed by atoms with Crippen LogP contribution >= 0.6 is 12.4 Å². The Morgan fingerprint density at radius 2 is 1.44 bits per heavy atom. The summed E-state index contributed by atoms with van der Waals surface area (Å²) in [6, 6.07) is 12.7. The fraction of sp³-hybridized carbons (Fsp3) is 0.278. The number of nitrogens with one attached hydrogen (secondary N) is 1. The van der Waals surface area contributed by atoms with E-state index in [0.717, 1.165) is 12.8 Å². The number of benzene rings is 2. The number of nitrogens with two attached hydrogens (primary N) is 2. The van der Waals surface area contributed by atoms with Gasteiger partial charge >= 0.3 is 0 Å². The quantitative estimate of drug-likeness (QED) is 0.697. The molecular formula is C18H22ClN3O4S. The zero-order valence-electron chi connectivity index (χ0n) is 14.6. The predicted molar refractivity (Wildman–Crippen MR) is 106 cm³/mol. The van der Waals surface area contributed by atoms with Crippen LogP contribution in [0.5, 0.6) is 11.5 Å². The number of anilines is 1. The van der Waals surface area contributed by atoms with E-state index in [1.165, 1.54) is 24.3 Å². The number of carbonyl (C=O) groups excluding carboxylic acids is 1. The summed E-state index contributed by atoms with van der Waals surface area (Å²) < 4.78 is 28.1. The van der Waals surface area contributed by atoms with Gasteiger partial charge in [0.15, 0.2) is 0 Å². The second-order valence-corrected chi connectivity index (χ2v) is 8.02. The summed E-state index contributed by atoms with van der Waals surface area (Å²) in [5.74, 6) is 0.859. The van der Waals surface area contributed by atoms with E-state index in [9.17, 15) is 13.2 Å². The van der Waals surface area contributed by atoms with Crippen molar-refractivity contribution < 1.29 is 17.9 Å². The third kappa shape index (κ3) is 5.20. The predicted octanol–water partition coefficient (Wildman–Crippen LogP) is 2.76. The number of hydrogen-bond acceptors (Lipinski definition) is 5. The third-order valence-electron chi connectivity index (χ3n) is 4.45. The van der Waals surface area contributed by atoms with Crippen LogP contribution in [0.1, 0.15) is 25.7 Å². The van der Waals surface area contributed by atoms with Gasteiger partial charge in [0.25, 0.3) is 0 Å². The molecule has 1 saturated carbocycles. The molecule has 0 radical (unpaired) electrons. The summed E-state index contributed by atoms with van der Waals surface area (Å²) in [6.07, 6.45) is 3.35. The van der Waals surface area contributed by atoms with E-state index in [2.05, 4.69) is 5.32 Å². The van der Waals surface area contributed by atoms with Crippen molar-refractivity contribution in [3.8, 4) is 11.5 Å². The van der Waals surface area contributed by atoms with E-state index < -0.39 is 15.6 Å². The first-order valence-corrected chi connectivity index (χ1v) is 9.82. The Kier molecular flexibility index (Phi) is 6.48. The third-order valence-corrected chi connectivity index (χ3v) is 5.38. The van der Waals surface area contributed by atoms with E-state index in [1.54, 1.807) is 24.3 Å². The number of carbonyl (C=O) groups is 1. The molecule has 1 amide bonds. The summed E-state index contributed by atoms with van der Waals surface area (Å²) in [6.45, 7) is 0. The van der Waals surface area contributed by atoms with Crippen LogP contribution in [0.25, 0.3) is 0 Å². The fourth-order valence-corrected chi connectivity index (χ4v) is 3.44. The maximum atomic E-state index is 12.3. The average molecular weight is 412 g/mol. The van der Waals surface area contributed by atoms with Gasteiger partial charge in [0.05, 0.1) is 10.4 Å². The maximum absolute atomic E-state index is 12.3. The number of ether oxygens (including phenoxy) is 1. The molecule has 0 atom stereocenters. The van der Waals surface area contributed by atoms with Crippen LogP contribution in [-0.2, 0) is 14.8 Å². The van der Waals surface area contributed by atoms with Gasteiger partial charge in [0.2, 0.25) is 15.9 Å². The Labute approximate surface area is 164 Å². The molecule has 0 aliphatic heterocycles. The van der Waals surface area contributed by atoms with Crippen LogP contribution in [-0.4, -0.2) is 19.9 Å². The first-order chi connectivity index (χ1) is 12.3. The monoisotopic (exact) mass is 411 g/mol. The van der Waals surface area contributed by atoms with Crippen molar-refractivity contribution in [3.05, 3.63) is 48.5 Å². The average Bonchev–Trinajstić information content (AvgIpc) is 3.04. The fourth-order valence-electron chi connectivity index (χ4n) is 2.93. The van der Waals surface area contributed by atoms with Gasteiger partial charge in [-0.15, -0.1) is 12.4 Å². The van der Waals surface area contributed by atoms with Crippen LogP contribution in [0.3, 0.4) is 0 Å². The molecule has 0 unspecified atom stereocenters. The lowest BCUT2D eigenvalue weighted by Crippen LogP contribution is -2.48. The molecule has 0 aromatic heterocycles. The summed E-state index contributed by atoms with van der Waals surface area (Å²) in [5, 5.41) is 7.90. The summed E-state index contributed by atoms with van der Waals surface area (Å²) in [4.78, 5) is 12.3. The second-order valence-electron chi connectivity index (χ2n) is 6.46. The zero-order valence-corrected chi connectivity index (χ0v) is 16.2. The molecule has 9 heteroatoms. The summed E-state index contributed by atoms with van der Waals surface area (Å²) >= 11 is 0. The Hall–Kier alpha value is -2.13. The van der Waals surface area contributed by atoms with Crippen molar-refractivity contribution in [2.75, 3.05) is 5.32 Å².